The quantitative estimate of drug-likeness (QED) is 0.258. The molecular formula is C12H16BrN5O2. The molecule has 7 nitrogen and oxygen atoms in total. The Hall–Kier alpha value is -1.63. The smallest absolute Gasteiger partial charge is 0.329 e. The van der Waals surface area contributed by atoms with Crippen molar-refractivity contribution in [1.29, 1.82) is 0 Å². The molecule has 1 rings (SSSR count). The average molecular weight is 342 g/mol. The summed E-state index contributed by atoms with van der Waals surface area (Å²) in [4.78, 5) is 18.8. The molecule has 0 amide bonds. The number of pyridine rings is 1. The summed E-state index contributed by atoms with van der Waals surface area (Å²) in [5, 5.41) is 6.50. The van der Waals surface area contributed by atoms with Gasteiger partial charge in [0.1, 0.15) is 6.04 Å². The maximum Gasteiger partial charge on any atom is 0.329 e. The molecule has 0 spiro atoms. The molecule has 108 valence electrons. The monoisotopic (exact) mass is 341 g/mol. The van der Waals surface area contributed by atoms with Crippen LogP contribution < -0.4 is 5.32 Å². The topological polar surface area (TPSA) is 100.0 Å². The second kappa shape index (κ2) is 9.30. The van der Waals surface area contributed by atoms with E-state index in [1.807, 2.05) is 6.07 Å². The summed E-state index contributed by atoms with van der Waals surface area (Å²) in [7, 11) is 0. The molecule has 0 aromatic carbocycles. The summed E-state index contributed by atoms with van der Waals surface area (Å²) in [5.41, 5.74) is 8.78. The lowest BCUT2D eigenvalue weighted by Gasteiger charge is -2.16. The molecule has 0 fully saturated rings. The molecule has 1 atom stereocenters. The normalized spacial score (nSPS) is 11.5. The van der Waals surface area contributed by atoms with Crippen LogP contribution in [-0.2, 0) is 9.53 Å². The molecule has 1 N–H and O–H groups in total. The Balaban J connectivity index is 2.67. The minimum absolute atomic E-state index is 0.312. The van der Waals surface area contributed by atoms with Crippen molar-refractivity contribution in [2.45, 2.75) is 19.4 Å². The second-order valence-corrected chi connectivity index (χ2v) is 4.76. The first-order valence-corrected chi connectivity index (χ1v) is 7.00. The van der Waals surface area contributed by atoms with Crippen molar-refractivity contribution in [1.82, 2.24) is 10.3 Å². The molecule has 0 aliphatic carbocycles. The third kappa shape index (κ3) is 5.56. The Kier molecular flexibility index (Phi) is 7.64. The van der Waals surface area contributed by atoms with Crippen LogP contribution in [0.25, 0.3) is 10.4 Å². The van der Waals surface area contributed by atoms with Crippen molar-refractivity contribution in [3.8, 4) is 0 Å². The Morgan fingerprint density at radius 3 is 3.05 bits per heavy atom. The van der Waals surface area contributed by atoms with Crippen molar-refractivity contribution < 1.29 is 9.53 Å². The fourth-order valence-electron chi connectivity index (χ4n) is 1.53. The van der Waals surface area contributed by atoms with E-state index < -0.39 is 6.04 Å². The molecule has 0 bridgehead atoms. The minimum Gasteiger partial charge on any atom is -0.465 e. The van der Waals surface area contributed by atoms with Gasteiger partial charge in [-0.3, -0.25) is 10.3 Å². The fourth-order valence-corrected chi connectivity index (χ4v) is 1.77. The molecule has 1 aromatic heterocycles. The molecule has 1 aromatic rings. The third-order valence-corrected chi connectivity index (χ3v) is 2.88. The van der Waals surface area contributed by atoms with Crippen molar-refractivity contribution >= 4 is 21.9 Å². The molecule has 0 saturated carbocycles. The SMILES string of the molecule is CCOC(=O)C(NCCCN=[N+]=[N-])c1ccc(Br)cn1. The Morgan fingerprint density at radius 2 is 2.45 bits per heavy atom. The highest BCUT2D eigenvalue weighted by Gasteiger charge is 2.22. The van der Waals surface area contributed by atoms with Gasteiger partial charge >= 0.3 is 5.97 Å². The number of halogens is 1. The predicted molar refractivity (Wildman–Crippen MR) is 77.9 cm³/mol. The Morgan fingerprint density at radius 1 is 1.65 bits per heavy atom. The second-order valence-electron chi connectivity index (χ2n) is 3.85. The minimum atomic E-state index is -0.617. The number of ether oxygens (including phenoxy) is 1. The van der Waals surface area contributed by atoms with Gasteiger partial charge in [-0.25, -0.2) is 4.79 Å². The first-order chi connectivity index (χ1) is 9.69. The van der Waals surface area contributed by atoms with E-state index in [0.29, 0.717) is 31.8 Å². The number of esters is 1. The molecule has 0 aliphatic heterocycles. The highest BCUT2D eigenvalue weighted by atomic mass is 79.9. The summed E-state index contributed by atoms with van der Waals surface area (Å²) >= 11 is 3.30. The number of nitrogens with zero attached hydrogens (tertiary/aromatic N) is 4. The van der Waals surface area contributed by atoms with Gasteiger partial charge < -0.3 is 4.74 Å². The summed E-state index contributed by atoms with van der Waals surface area (Å²) in [6.45, 7) is 2.98. The van der Waals surface area contributed by atoms with Gasteiger partial charge in [0.2, 0.25) is 0 Å². The van der Waals surface area contributed by atoms with Crippen LogP contribution in [0.4, 0.5) is 0 Å². The molecule has 0 aliphatic rings. The van der Waals surface area contributed by atoms with Gasteiger partial charge in [0.05, 0.1) is 12.3 Å². The number of aromatic nitrogens is 1. The molecule has 1 unspecified atom stereocenters. The lowest BCUT2D eigenvalue weighted by atomic mass is 10.2. The molecular weight excluding hydrogens is 326 g/mol. The number of rotatable bonds is 8. The number of carbonyl (C=O) groups is 1. The van der Waals surface area contributed by atoms with E-state index in [1.165, 1.54) is 0 Å². The van der Waals surface area contributed by atoms with Crippen LogP contribution in [-0.4, -0.2) is 30.6 Å². The summed E-state index contributed by atoms with van der Waals surface area (Å²) in [6, 6.07) is 2.96. The van der Waals surface area contributed by atoms with Gasteiger partial charge in [-0.1, -0.05) is 5.11 Å². The van der Waals surface area contributed by atoms with Gasteiger partial charge in [-0.05, 0) is 53.5 Å². The number of azide groups is 1. The molecule has 1 heterocycles. The molecule has 0 saturated heterocycles. The molecule has 0 radical (unpaired) electrons. The van der Waals surface area contributed by atoms with Gasteiger partial charge in [0.15, 0.2) is 0 Å². The van der Waals surface area contributed by atoms with Gasteiger partial charge in [0, 0.05) is 22.1 Å². The van der Waals surface area contributed by atoms with E-state index in [4.69, 9.17) is 10.3 Å². The Labute approximate surface area is 125 Å². The average Bonchev–Trinajstić information content (AvgIpc) is 2.44. The Bertz CT molecular complexity index is 473. The van der Waals surface area contributed by atoms with Crippen LogP contribution >= 0.6 is 15.9 Å². The van der Waals surface area contributed by atoms with E-state index in [2.05, 4.69) is 36.3 Å². The van der Waals surface area contributed by atoms with E-state index in [9.17, 15) is 4.79 Å². The van der Waals surface area contributed by atoms with Gasteiger partial charge in [-0.15, -0.1) is 0 Å². The van der Waals surface area contributed by atoms with Crippen LogP contribution in [0.2, 0.25) is 0 Å². The zero-order valence-corrected chi connectivity index (χ0v) is 12.7. The van der Waals surface area contributed by atoms with Crippen LogP contribution in [0, 0.1) is 0 Å². The molecule has 20 heavy (non-hydrogen) atoms. The number of nitrogens with one attached hydrogen (secondary N) is 1. The number of carbonyl (C=O) groups excluding carboxylic acids is 1. The van der Waals surface area contributed by atoms with Gasteiger partial charge in [-0.2, -0.15) is 0 Å². The summed E-state index contributed by atoms with van der Waals surface area (Å²) < 4.78 is 5.87. The van der Waals surface area contributed by atoms with Crippen LogP contribution in [0.1, 0.15) is 25.1 Å². The molecule has 8 heteroatoms. The van der Waals surface area contributed by atoms with E-state index >= 15 is 0 Å². The van der Waals surface area contributed by atoms with Crippen molar-refractivity contribution in [3.63, 3.8) is 0 Å². The lowest BCUT2D eigenvalue weighted by Crippen LogP contribution is -2.32. The first kappa shape index (κ1) is 16.4. The fraction of sp³-hybridized carbons (Fsp3) is 0.500. The van der Waals surface area contributed by atoms with E-state index in [1.54, 1.807) is 19.2 Å². The maximum atomic E-state index is 11.9. The third-order valence-electron chi connectivity index (χ3n) is 2.41. The number of hydrogen-bond acceptors (Lipinski definition) is 5. The van der Waals surface area contributed by atoms with Crippen molar-refractivity contribution in [3.05, 3.63) is 38.9 Å². The summed E-state index contributed by atoms with van der Waals surface area (Å²) in [5.74, 6) is -0.369. The summed E-state index contributed by atoms with van der Waals surface area (Å²) in [6.07, 6.45) is 2.26. The van der Waals surface area contributed by atoms with Crippen molar-refractivity contribution in [2.75, 3.05) is 19.7 Å². The highest BCUT2D eigenvalue weighted by molar-refractivity contribution is 9.10. The maximum absolute atomic E-state index is 11.9. The zero-order valence-electron chi connectivity index (χ0n) is 11.1. The standard InChI is InChI=1S/C12H16BrN5O2/c1-2-20-12(19)11(15-6-3-7-17-18-14)10-5-4-9(13)8-16-10/h4-5,8,11,15H,2-3,6-7H2,1H3. The van der Waals surface area contributed by atoms with Crippen molar-refractivity contribution in [2.24, 2.45) is 5.11 Å². The van der Waals surface area contributed by atoms with E-state index in [-0.39, 0.29) is 5.97 Å². The zero-order chi connectivity index (χ0) is 14.8. The number of hydrogen-bond donors (Lipinski definition) is 1. The first-order valence-electron chi connectivity index (χ1n) is 6.21. The lowest BCUT2D eigenvalue weighted by molar-refractivity contribution is -0.146. The van der Waals surface area contributed by atoms with Crippen LogP contribution in [0.15, 0.2) is 27.9 Å². The van der Waals surface area contributed by atoms with Gasteiger partial charge in [0.25, 0.3) is 0 Å². The van der Waals surface area contributed by atoms with E-state index in [0.717, 1.165) is 4.47 Å². The van der Waals surface area contributed by atoms with Crippen LogP contribution in [0.3, 0.4) is 0 Å². The largest absolute Gasteiger partial charge is 0.465 e. The highest BCUT2D eigenvalue weighted by Crippen LogP contribution is 2.15. The predicted octanol–water partition coefficient (Wildman–Crippen LogP) is 2.74. The van der Waals surface area contributed by atoms with Crippen LogP contribution in [0.5, 0.6) is 0 Å².